The van der Waals surface area contributed by atoms with E-state index in [0.29, 0.717) is 26.1 Å². The van der Waals surface area contributed by atoms with Crippen LogP contribution in [0.4, 0.5) is 0 Å². The van der Waals surface area contributed by atoms with Gasteiger partial charge in [-0.25, -0.2) is 0 Å². The molecule has 0 aliphatic carbocycles. The van der Waals surface area contributed by atoms with Crippen LogP contribution in [-0.2, 0) is 11.3 Å². The highest BCUT2D eigenvalue weighted by Crippen LogP contribution is 2.22. The number of carboxylic acids is 1. The Hall–Kier alpha value is -1.59. The van der Waals surface area contributed by atoms with E-state index in [1.165, 1.54) is 0 Å². The Morgan fingerprint density at radius 2 is 2.10 bits per heavy atom. The summed E-state index contributed by atoms with van der Waals surface area (Å²) in [6.07, 6.45) is 0.657. The Balaban J connectivity index is 1.93. The first kappa shape index (κ1) is 14.8. The molecule has 0 saturated carbocycles. The van der Waals surface area contributed by atoms with Crippen molar-refractivity contribution in [3.05, 3.63) is 29.8 Å². The number of nitrogens with zero attached hydrogens (tertiary/aromatic N) is 1. The minimum atomic E-state index is -1.10. The highest BCUT2D eigenvalue weighted by Gasteiger charge is 2.40. The molecular weight excluding hydrogens is 256 g/mol. The Morgan fingerprint density at radius 1 is 1.45 bits per heavy atom. The average molecular weight is 278 g/mol. The second kappa shape index (κ2) is 5.81. The van der Waals surface area contributed by atoms with Gasteiger partial charge in [0.25, 0.3) is 0 Å². The highest BCUT2D eigenvalue weighted by molar-refractivity contribution is 5.79. The molecule has 5 heteroatoms. The summed E-state index contributed by atoms with van der Waals surface area (Å²) in [4.78, 5) is 13.2. The van der Waals surface area contributed by atoms with Crippen molar-refractivity contribution in [2.75, 3.05) is 13.1 Å². The van der Waals surface area contributed by atoms with Crippen LogP contribution >= 0.6 is 0 Å². The molecule has 0 radical (unpaired) electrons. The molecule has 1 saturated heterocycles. The predicted octanol–water partition coefficient (Wildman–Crippen LogP) is 1.46. The summed E-state index contributed by atoms with van der Waals surface area (Å²) in [5.74, 6) is -0.0652. The first-order valence-corrected chi connectivity index (χ1v) is 6.89. The second-order valence-electron chi connectivity index (χ2n) is 5.73. The highest BCUT2D eigenvalue weighted by atomic mass is 16.5. The molecule has 2 rings (SSSR count). The SMILES string of the molecule is CC(C)Oc1ccc(CN2CCC(N)(C(=O)O)C2)cc1. The van der Waals surface area contributed by atoms with Crippen LogP contribution in [0, 0.1) is 0 Å². The van der Waals surface area contributed by atoms with Crippen molar-refractivity contribution >= 4 is 5.97 Å². The van der Waals surface area contributed by atoms with Crippen molar-refractivity contribution in [2.45, 2.75) is 38.5 Å². The Bertz CT molecular complexity index is 473. The number of carboxylic acid groups (broad SMARTS) is 1. The molecule has 1 fully saturated rings. The van der Waals surface area contributed by atoms with E-state index in [1.54, 1.807) is 0 Å². The molecule has 1 aromatic rings. The van der Waals surface area contributed by atoms with Crippen molar-refractivity contribution in [3.63, 3.8) is 0 Å². The minimum absolute atomic E-state index is 0.160. The number of rotatable bonds is 5. The largest absolute Gasteiger partial charge is 0.491 e. The number of ether oxygens (including phenoxy) is 1. The van der Waals surface area contributed by atoms with Gasteiger partial charge in [0.2, 0.25) is 0 Å². The third-order valence-corrected chi connectivity index (χ3v) is 3.51. The van der Waals surface area contributed by atoms with Crippen molar-refractivity contribution in [2.24, 2.45) is 5.73 Å². The van der Waals surface area contributed by atoms with E-state index in [-0.39, 0.29) is 6.10 Å². The summed E-state index contributed by atoms with van der Waals surface area (Å²) in [5.41, 5.74) is 5.90. The Morgan fingerprint density at radius 3 is 2.60 bits per heavy atom. The third kappa shape index (κ3) is 3.49. The van der Waals surface area contributed by atoms with Crippen LogP contribution in [0.5, 0.6) is 5.75 Å². The smallest absolute Gasteiger partial charge is 0.325 e. The van der Waals surface area contributed by atoms with Crippen LogP contribution < -0.4 is 10.5 Å². The molecule has 3 N–H and O–H groups in total. The van der Waals surface area contributed by atoms with Gasteiger partial charge in [0.15, 0.2) is 0 Å². The fraction of sp³-hybridized carbons (Fsp3) is 0.533. The lowest BCUT2D eigenvalue weighted by molar-refractivity contribution is -0.142. The summed E-state index contributed by atoms with van der Waals surface area (Å²) in [7, 11) is 0. The fourth-order valence-electron chi connectivity index (χ4n) is 2.43. The van der Waals surface area contributed by atoms with Gasteiger partial charge in [-0.1, -0.05) is 12.1 Å². The quantitative estimate of drug-likeness (QED) is 0.853. The van der Waals surface area contributed by atoms with Crippen LogP contribution in [0.3, 0.4) is 0 Å². The monoisotopic (exact) mass is 278 g/mol. The molecule has 1 atom stereocenters. The van der Waals surface area contributed by atoms with Crippen molar-refractivity contribution in [1.82, 2.24) is 4.90 Å². The molecule has 5 nitrogen and oxygen atoms in total. The van der Waals surface area contributed by atoms with Crippen molar-refractivity contribution < 1.29 is 14.6 Å². The van der Waals surface area contributed by atoms with E-state index < -0.39 is 11.5 Å². The van der Waals surface area contributed by atoms with Gasteiger partial charge in [-0.2, -0.15) is 0 Å². The molecule has 0 spiro atoms. The third-order valence-electron chi connectivity index (χ3n) is 3.51. The molecule has 1 aliphatic rings. The average Bonchev–Trinajstić information content (AvgIpc) is 2.74. The van der Waals surface area contributed by atoms with Crippen LogP contribution in [0.25, 0.3) is 0 Å². The van der Waals surface area contributed by atoms with E-state index in [1.807, 2.05) is 38.1 Å². The minimum Gasteiger partial charge on any atom is -0.491 e. The Labute approximate surface area is 119 Å². The molecule has 0 bridgehead atoms. The second-order valence-corrected chi connectivity index (χ2v) is 5.73. The normalized spacial score (nSPS) is 23.2. The van der Waals surface area contributed by atoms with Gasteiger partial charge in [0.1, 0.15) is 11.3 Å². The van der Waals surface area contributed by atoms with Crippen LogP contribution in [-0.4, -0.2) is 40.7 Å². The molecule has 1 aliphatic heterocycles. The van der Waals surface area contributed by atoms with Crippen molar-refractivity contribution in [1.29, 1.82) is 0 Å². The van der Waals surface area contributed by atoms with Gasteiger partial charge in [-0.15, -0.1) is 0 Å². The molecule has 20 heavy (non-hydrogen) atoms. The lowest BCUT2D eigenvalue weighted by Gasteiger charge is -2.20. The summed E-state index contributed by atoms with van der Waals surface area (Å²) in [6.45, 7) is 5.81. The number of likely N-dealkylation sites (tertiary alicyclic amines) is 1. The van der Waals surface area contributed by atoms with E-state index in [9.17, 15) is 4.79 Å². The molecule has 1 unspecified atom stereocenters. The van der Waals surface area contributed by atoms with E-state index in [2.05, 4.69) is 4.90 Å². The maximum atomic E-state index is 11.1. The zero-order valence-electron chi connectivity index (χ0n) is 12.0. The van der Waals surface area contributed by atoms with Crippen molar-refractivity contribution in [3.8, 4) is 5.75 Å². The molecule has 1 heterocycles. The molecule has 0 aromatic heterocycles. The number of aliphatic carboxylic acids is 1. The summed E-state index contributed by atoms with van der Waals surface area (Å²) < 4.78 is 5.59. The van der Waals surface area contributed by atoms with Crippen LogP contribution in [0.15, 0.2) is 24.3 Å². The topological polar surface area (TPSA) is 75.8 Å². The lowest BCUT2D eigenvalue weighted by Crippen LogP contribution is -2.50. The van der Waals surface area contributed by atoms with Crippen LogP contribution in [0.1, 0.15) is 25.8 Å². The first-order valence-electron chi connectivity index (χ1n) is 6.89. The number of carbonyl (C=O) groups is 1. The maximum absolute atomic E-state index is 11.1. The Kier molecular flexibility index (Phi) is 4.30. The van der Waals surface area contributed by atoms with Gasteiger partial charge in [0.05, 0.1) is 6.10 Å². The van der Waals surface area contributed by atoms with Gasteiger partial charge in [0, 0.05) is 19.6 Å². The number of nitrogens with two attached hydrogens (primary N) is 1. The van der Waals surface area contributed by atoms with E-state index >= 15 is 0 Å². The first-order chi connectivity index (χ1) is 9.39. The molecule has 110 valence electrons. The van der Waals surface area contributed by atoms with Crippen LogP contribution in [0.2, 0.25) is 0 Å². The van der Waals surface area contributed by atoms with Gasteiger partial charge >= 0.3 is 5.97 Å². The standard InChI is InChI=1S/C15H22N2O3/c1-11(2)20-13-5-3-12(4-6-13)9-17-8-7-15(16,10-17)14(18)19/h3-6,11H,7-10,16H2,1-2H3,(H,18,19). The maximum Gasteiger partial charge on any atom is 0.325 e. The van der Waals surface area contributed by atoms with Gasteiger partial charge < -0.3 is 15.6 Å². The number of hydrogen-bond donors (Lipinski definition) is 2. The molecular formula is C15H22N2O3. The number of benzene rings is 1. The van der Waals surface area contributed by atoms with Gasteiger partial charge in [-0.3, -0.25) is 9.69 Å². The zero-order chi connectivity index (χ0) is 14.8. The predicted molar refractivity (Wildman–Crippen MR) is 76.7 cm³/mol. The van der Waals surface area contributed by atoms with E-state index in [4.69, 9.17) is 15.6 Å². The lowest BCUT2D eigenvalue weighted by atomic mass is 10.0. The molecule has 0 amide bonds. The summed E-state index contributed by atoms with van der Waals surface area (Å²) in [6, 6.07) is 7.90. The zero-order valence-corrected chi connectivity index (χ0v) is 12.0. The summed E-state index contributed by atoms with van der Waals surface area (Å²) in [5, 5.41) is 9.11. The fourth-order valence-corrected chi connectivity index (χ4v) is 2.43. The molecule has 1 aromatic carbocycles. The summed E-state index contributed by atoms with van der Waals surface area (Å²) >= 11 is 0. The van der Waals surface area contributed by atoms with E-state index in [0.717, 1.165) is 11.3 Å². The number of hydrogen-bond acceptors (Lipinski definition) is 4. The van der Waals surface area contributed by atoms with Gasteiger partial charge in [-0.05, 0) is 38.0 Å².